The van der Waals surface area contributed by atoms with Gasteiger partial charge in [-0.05, 0) is 61.7 Å². The van der Waals surface area contributed by atoms with Crippen LogP contribution in [0.25, 0.3) is 0 Å². The van der Waals surface area contributed by atoms with E-state index in [1.54, 1.807) is 24.1 Å². The molecule has 190 valence electrons. The van der Waals surface area contributed by atoms with Crippen molar-refractivity contribution in [2.75, 3.05) is 7.11 Å². The van der Waals surface area contributed by atoms with Crippen LogP contribution in [0.5, 0.6) is 5.75 Å². The molecule has 2 amide bonds. The Morgan fingerprint density at radius 1 is 0.889 bits per heavy atom. The second-order valence-corrected chi connectivity index (χ2v) is 10.6. The second-order valence-electron chi connectivity index (χ2n) is 9.74. The standard InChI is InChI=1S/C29H32Cl2N2O3/c1-29(2,3)32-28(35)26(17-20-8-6-5-7-9-20)33(19-22-12-15-24(30)25(31)16-22)27(34)18-21-10-13-23(36-4)14-11-21/h5-16,26H,17-19H2,1-4H3,(H,32,35)/t26-/m0/s1. The van der Waals surface area contributed by atoms with Gasteiger partial charge in [-0.25, -0.2) is 0 Å². The highest BCUT2D eigenvalue weighted by molar-refractivity contribution is 6.42. The highest BCUT2D eigenvalue weighted by atomic mass is 35.5. The third-order valence-electron chi connectivity index (χ3n) is 5.62. The Kier molecular flexibility index (Phi) is 9.41. The molecule has 0 unspecified atom stereocenters. The number of nitrogens with zero attached hydrogens (tertiary/aromatic N) is 1. The summed E-state index contributed by atoms with van der Waals surface area (Å²) in [6.07, 6.45) is 0.512. The number of carbonyl (C=O) groups is 2. The van der Waals surface area contributed by atoms with Crippen LogP contribution in [0.2, 0.25) is 10.0 Å². The molecule has 7 heteroatoms. The molecule has 36 heavy (non-hydrogen) atoms. The van der Waals surface area contributed by atoms with Crippen molar-refractivity contribution in [3.05, 3.63) is 99.5 Å². The Morgan fingerprint density at radius 3 is 2.11 bits per heavy atom. The van der Waals surface area contributed by atoms with E-state index < -0.39 is 11.6 Å². The molecular formula is C29H32Cl2N2O3. The number of rotatable bonds is 9. The van der Waals surface area contributed by atoms with Gasteiger partial charge in [-0.15, -0.1) is 0 Å². The predicted octanol–water partition coefficient (Wildman–Crippen LogP) is 6.10. The molecule has 1 N–H and O–H groups in total. The Hall–Kier alpha value is -3.02. The largest absolute Gasteiger partial charge is 0.497 e. The molecule has 5 nitrogen and oxygen atoms in total. The topological polar surface area (TPSA) is 58.6 Å². The maximum atomic E-state index is 13.8. The lowest BCUT2D eigenvalue weighted by Crippen LogP contribution is -2.54. The quantitative estimate of drug-likeness (QED) is 0.366. The van der Waals surface area contributed by atoms with Gasteiger partial charge in [0.15, 0.2) is 0 Å². The van der Waals surface area contributed by atoms with E-state index in [1.807, 2.05) is 81.4 Å². The zero-order valence-corrected chi connectivity index (χ0v) is 22.6. The fourth-order valence-electron chi connectivity index (χ4n) is 3.86. The van der Waals surface area contributed by atoms with Gasteiger partial charge in [0.25, 0.3) is 0 Å². The number of methoxy groups -OCH3 is 1. The van der Waals surface area contributed by atoms with E-state index in [-0.39, 0.29) is 24.8 Å². The summed E-state index contributed by atoms with van der Waals surface area (Å²) in [6.45, 7) is 5.98. The minimum atomic E-state index is -0.730. The number of nitrogens with one attached hydrogen (secondary N) is 1. The minimum Gasteiger partial charge on any atom is -0.497 e. The van der Waals surface area contributed by atoms with Gasteiger partial charge in [0.1, 0.15) is 11.8 Å². The van der Waals surface area contributed by atoms with Crippen LogP contribution in [-0.2, 0) is 29.0 Å². The molecule has 0 saturated heterocycles. The Bertz CT molecular complexity index is 1180. The zero-order chi connectivity index (χ0) is 26.3. The van der Waals surface area contributed by atoms with E-state index in [1.165, 1.54) is 0 Å². The molecule has 0 aliphatic rings. The average molecular weight is 527 g/mol. The van der Waals surface area contributed by atoms with Crippen molar-refractivity contribution in [1.82, 2.24) is 10.2 Å². The van der Waals surface area contributed by atoms with Crippen LogP contribution < -0.4 is 10.1 Å². The summed E-state index contributed by atoms with van der Waals surface area (Å²) < 4.78 is 5.23. The first-order valence-electron chi connectivity index (χ1n) is 11.8. The number of halogens is 2. The molecule has 0 bridgehead atoms. The van der Waals surface area contributed by atoms with Crippen molar-refractivity contribution in [2.45, 2.75) is 51.7 Å². The van der Waals surface area contributed by atoms with E-state index in [9.17, 15) is 9.59 Å². The minimum absolute atomic E-state index is 0.138. The first kappa shape index (κ1) is 27.6. The summed E-state index contributed by atoms with van der Waals surface area (Å²) in [4.78, 5) is 29.0. The second kappa shape index (κ2) is 12.3. The lowest BCUT2D eigenvalue weighted by Gasteiger charge is -2.34. The Morgan fingerprint density at radius 2 is 1.53 bits per heavy atom. The van der Waals surface area contributed by atoms with Crippen LogP contribution in [-0.4, -0.2) is 35.4 Å². The lowest BCUT2D eigenvalue weighted by atomic mass is 10.00. The lowest BCUT2D eigenvalue weighted by molar-refractivity contribution is -0.141. The summed E-state index contributed by atoms with van der Waals surface area (Å²) in [7, 11) is 1.60. The third-order valence-corrected chi connectivity index (χ3v) is 6.36. The zero-order valence-electron chi connectivity index (χ0n) is 21.1. The van der Waals surface area contributed by atoms with Gasteiger partial charge in [-0.2, -0.15) is 0 Å². The van der Waals surface area contributed by atoms with Gasteiger partial charge >= 0.3 is 0 Å². The normalized spacial score (nSPS) is 12.1. The van der Waals surface area contributed by atoms with Crippen LogP contribution >= 0.6 is 23.2 Å². The van der Waals surface area contributed by atoms with E-state index >= 15 is 0 Å². The molecule has 0 heterocycles. The van der Waals surface area contributed by atoms with Crippen molar-refractivity contribution >= 4 is 35.0 Å². The van der Waals surface area contributed by atoms with Crippen molar-refractivity contribution in [2.24, 2.45) is 0 Å². The van der Waals surface area contributed by atoms with Crippen molar-refractivity contribution in [3.8, 4) is 5.75 Å². The van der Waals surface area contributed by atoms with Crippen LogP contribution in [0.15, 0.2) is 72.8 Å². The van der Waals surface area contributed by atoms with Crippen LogP contribution in [0.1, 0.15) is 37.5 Å². The fraction of sp³-hybridized carbons (Fsp3) is 0.310. The fourth-order valence-corrected chi connectivity index (χ4v) is 4.18. The van der Waals surface area contributed by atoms with Crippen LogP contribution in [0.4, 0.5) is 0 Å². The highest BCUT2D eigenvalue weighted by Crippen LogP contribution is 2.25. The van der Waals surface area contributed by atoms with Gasteiger partial charge in [0.2, 0.25) is 11.8 Å². The molecule has 0 saturated carbocycles. The molecule has 3 aromatic carbocycles. The number of hydrogen-bond acceptors (Lipinski definition) is 3. The van der Waals surface area contributed by atoms with Crippen molar-refractivity contribution in [1.29, 1.82) is 0 Å². The maximum absolute atomic E-state index is 13.8. The molecule has 0 radical (unpaired) electrons. The Balaban J connectivity index is 1.99. The molecule has 0 aliphatic carbocycles. The predicted molar refractivity (Wildman–Crippen MR) is 146 cm³/mol. The van der Waals surface area contributed by atoms with E-state index in [0.29, 0.717) is 22.2 Å². The van der Waals surface area contributed by atoms with E-state index in [2.05, 4.69) is 5.32 Å². The average Bonchev–Trinajstić information content (AvgIpc) is 2.83. The summed E-state index contributed by atoms with van der Waals surface area (Å²) in [5.41, 5.74) is 2.12. The number of ether oxygens (including phenoxy) is 1. The number of hydrogen-bond donors (Lipinski definition) is 1. The number of benzene rings is 3. The van der Waals surface area contributed by atoms with Gasteiger partial charge < -0.3 is 15.0 Å². The van der Waals surface area contributed by atoms with E-state index in [4.69, 9.17) is 27.9 Å². The van der Waals surface area contributed by atoms with Gasteiger partial charge in [-0.3, -0.25) is 9.59 Å². The molecule has 3 rings (SSSR count). The van der Waals surface area contributed by atoms with Gasteiger partial charge in [0.05, 0.1) is 23.6 Å². The smallest absolute Gasteiger partial charge is 0.243 e. The number of carbonyl (C=O) groups excluding carboxylic acids is 2. The van der Waals surface area contributed by atoms with Gasteiger partial charge in [0, 0.05) is 18.5 Å². The molecule has 0 aliphatic heterocycles. The van der Waals surface area contributed by atoms with Crippen molar-refractivity contribution < 1.29 is 14.3 Å². The highest BCUT2D eigenvalue weighted by Gasteiger charge is 2.32. The van der Waals surface area contributed by atoms with Crippen LogP contribution in [0.3, 0.4) is 0 Å². The van der Waals surface area contributed by atoms with Gasteiger partial charge in [-0.1, -0.05) is 71.7 Å². The SMILES string of the molecule is COc1ccc(CC(=O)N(Cc2ccc(Cl)c(Cl)c2)[C@@H](Cc2ccccc2)C(=O)NC(C)(C)C)cc1. The molecular weight excluding hydrogens is 495 g/mol. The number of amides is 2. The van der Waals surface area contributed by atoms with Crippen LogP contribution in [0, 0.1) is 0 Å². The maximum Gasteiger partial charge on any atom is 0.243 e. The van der Waals surface area contributed by atoms with Crippen molar-refractivity contribution in [3.63, 3.8) is 0 Å². The molecule has 0 aromatic heterocycles. The summed E-state index contributed by atoms with van der Waals surface area (Å²) in [5, 5.41) is 3.90. The summed E-state index contributed by atoms with van der Waals surface area (Å²) in [6, 6.07) is 21.6. The monoisotopic (exact) mass is 526 g/mol. The molecule has 1 atom stereocenters. The summed E-state index contributed by atoms with van der Waals surface area (Å²) in [5.74, 6) is 0.330. The third kappa shape index (κ3) is 8.00. The first-order valence-corrected chi connectivity index (χ1v) is 12.5. The first-order chi connectivity index (χ1) is 17.1. The molecule has 0 fully saturated rings. The molecule has 0 spiro atoms. The Labute approximate surface area is 223 Å². The van der Waals surface area contributed by atoms with E-state index in [0.717, 1.165) is 16.7 Å². The molecule has 3 aromatic rings. The summed E-state index contributed by atoms with van der Waals surface area (Å²) >= 11 is 12.4.